The summed E-state index contributed by atoms with van der Waals surface area (Å²) in [4.78, 5) is 19.5. The Morgan fingerprint density at radius 1 is 1.21 bits per heavy atom. The second-order valence-corrected chi connectivity index (χ2v) is 12.7. The lowest BCUT2D eigenvalue weighted by atomic mass is 9.69. The first-order valence-electron chi connectivity index (χ1n) is 14.2. The van der Waals surface area contributed by atoms with Crippen molar-refractivity contribution in [3.8, 4) is 11.6 Å². The van der Waals surface area contributed by atoms with Gasteiger partial charge in [-0.2, -0.15) is 0 Å². The Morgan fingerprint density at radius 3 is 2.79 bits per heavy atom. The summed E-state index contributed by atoms with van der Waals surface area (Å²) in [6.45, 7) is 9.57. The average Bonchev–Trinajstić information content (AvgIpc) is 3.53. The number of ether oxygens (including phenoxy) is 1. The van der Waals surface area contributed by atoms with Crippen molar-refractivity contribution in [1.29, 1.82) is 0 Å². The normalized spacial score (nSPS) is 16.7. The van der Waals surface area contributed by atoms with E-state index < -0.39 is 17.3 Å². The van der Waals surface area contributed by atoms with E-state index in [1.807, 2.05) is 26.1 Å². The molecule has 9 nitrogen and oxygen atoms in total. The van der Waals surface area contributed by atoms with Gasteiger partial charge in [-0.25, -0.2) is 9.67 Å². The zero-order chi connectivity index (χ0) is 29.8. The number of benzene rings is 2. The van der Waals surface area contributed by atoms with E-state index in [4.69, 9.17) is 4.74 Å². The van der Waals surface area contributed by atoms with Crippen molar-refractivity contribution in [2.45, 2.75) is 59.2 Å². The Morgan fingerprint density at radius 2 is 2.02 bits per heavy atom. The van der Waals surface area contributed by atoms with E-state index in [0.717, 1.165) is 45.1 Å². The topological polar surface area (TPSA) is 114 Å². The van der Waals surface area contributed by atoms with E-state index in [-0.39, 0.29) is 12.0 Å². The van der Waals surface area contributed by atoms with E-state index in [1.54, 1.807) is 42.0 Å². The maximum Gasteiger partial charge on any atom is 0.310 e. The zero-order valence-electron chi connectivity index (χ0n) is 24.5. The van der Waals surface area contributed by atoms with Crippen LogP contribution in [0.5, 0.6) is 11.6 Å². The Bertz CT molecular complexity index is 1810. The molecule has 2 N–H and O–H groups in total. The van der Waals surface area contributed by atoms with Gasteiger partial charge in [0.2, 0.25) is 5.88 Å². The highest BCUT2D eigenvalue weighted by Crippen LogP contribution is 2.45. The van der Waals surface area contributed by atoms with Gasteiger partial charge < -0.3 is 14.9 Å². The minimum atomic E-state index is -1.11. The molecule has 0 saturated carbocycles. The van der Waals surface area contributed by atoms with Crippen molar-refractivity contribution < 1.29 is 19.7 Å². The lowest BCUT2D eigenvalue weighted by Gasteiger charge is -2.33. The maximum atomic E-state index is 12.8. The molecule has 218 valence electrons. The molecule has 0 bridgehead atoms. The van der Waals surface area contributed by atoms with E-state index in [9.17, 15) is 15.0 Å². The van der Waals surface area contributed by atoms with Crippen LogP contribution < -0.4 is 4.74 Å². The van der Waals surface area contributed by atoms with Crippen LogP contribution in [0.3, 0.4) is 0 Å². The van der Waals surface area contributed by atoms with Crippen molar-refractivity contribution in [2.75, 3.05) is 6.54 Å². The van der Waals surface area contributed by atoms with Crippen LogP contribution in [0.15, 0.2) is 47.8 Å². The molecule has 10 heteroatoms. The molecule has 0 unspecified atom stereocenters. The van der Waals surface area contributed by atoms with Crippen LogP contribution >= 0.6 is 11.3 Å². The fourth-order valence-electron chi connectivity index (χ4n) is 6.19. The number of carboxylic acids is 1. The fourth-order valence-corrected chi connectivity index (χ4v) is 7.08. The Hall–Kier alpha value is -4.02. The van der Waals surface area contributed by atoms with Gasteiger partial charge in [-0.3, -0.25) is 9.69 Å². The zero-order valence-corrected chi connectivity index (χ0v) is 25.3. The van der Waals surface area contributed by atoms with Crippen LogP contribution in [0.1, 0.15) is 61.1 Å². The molecular formula is C32H35N5O4S. The third-order valence-corrected chi connectivity index (χ3v) is 9.55. The summed E-state index contributed by atoms with van der Waals surface area (Å²) in [7, 11) is 1.86. The lowest BCUT2D eigenvalue weighted by molar-refractivity contribution is -0.147. The predicted octanol–water partition coefficient (Wildman–Crippen LogP) is 6.01. The predicted molar refractivity (Wildman–Crippen MR) is 163 cm³/mol. The largest absolute Gasteiger partial charge is 0.493 e. The van der Waals surface area contributed by atoms with Gasteiger partial charge >= 0.3 is 5.97 Å². The van der Waals surface area contributed by atoms with Gasteiger partial charge in [0.1, 0.15) is 23.1 Å². The molecule has 42 heavy (non-hydrogen) atoms. The summed E-state index contributed by atoms with van der Waals surface area (Å²) in [5.74, 6) is -0.616. The number of hydrogen-bond acceptors (Lipinski definition) is 8. The van der Waals surface area contributed by atoms with E-state index in [2.05, 4.69) is 50.7 Å². The molecule has 0 radical (unpaired) electrons. The number of fused-ring (bicyclic) bond motifs is 3. The summed E-state index contributed by atoms with van der Waals surface area (Å²) in [5, 5.41) is 32.3. The molecular weight excluding hydrogens is 550 g/mol. The molecule has 4 heterocycles. The Kier molecular flexibility index (Phi) is 7.14. The maximum absolute atomic E-state index is 12.8. The molecule has 0 fully saturated rings. The number of pyridine rings is 1. The fraction of sp³-hybridized carbons (Fsp3) is 0.375. The van der Waals surface area contributed by atoms with Crippen molar-refractivity contribution in [1.82, 2.24) is 24.9 Å². The SMILES string of the molecule is CC[C@@H]1CN(Cc2cc([C@H](c3ccc4c(nnn4C)c3C)C(C)(C)C(=O)O)cc3ccsc23)Cc2nc(O)ccc2O1. The average molecular weight is 586 g/mol. The molecule has 1 aliphatic rings. The number of aromatic hydroxyl groups is 1. The standard InChI is InChI=1S/C32H35N5O4S/c1-6-22-16-37(17-24-26(41-22)9-10-27(38)33-24)15-21-14-20(13-19-11-12-42-30(19)21)28(32(3,4)31(39)40)23-7-8-25-29(18(23)2)34-35-36(25)5/h7-14,22,28H,6,15-17H2,1-5H3,(H,33,38)(H,39,40)/t22-,28-/m1/s1. The molecule has 2 atom stereocenters. The highest BCUT2D eigenvalue weighted by Gasteiger charge is 2.40. The molecule has 3 aromatic heterocycles. The Balaban J connectivity index is 1.47. The third-order valence-electron chi connectivity index (χ3n) is 8.54. The van der Waals surface area contributed by atoms with E-state index in [1.165, 1.54) is 4.70 Å². The molecule has 0 spiro atoms. The molecule has 6 rings (SSSR count). The summed E-state index contributed by atoms with van der Waals surface area (Å²) < 4.78 is 9.16. The number of aliphatic carboxylic acids is 1. The number of hydrogen-bond donors (Lipinski definition) is 2. The molecule has 5 aromatic rings. The molecule has 2 aromatic carbocycles. The van der Waals surface area contributed by atoms with Crippen LogP contribution in [0.25, 0.3) is 21.1 Å². The summed E-state index contributed by atoms with van der Waals surface area (Å²) in [5.41, 5.74) is 5.23. The smallest absolute Gasteiger partial charge is 0.310 e. The van der Waals surface area contributed by atoms with Crippen molar-refractivity contribution in [2.24, 2.45) is 12.5 Å². The number of carbonyl (C=O) groups is 1. The minimum absolute atomic E-state index is 0.0142. The number of rotatable bonds is 7. The quantitative estimate of drug-likeness (QED) is 0.239. The second kappa shape index (κ2) is 10.7. The molecule has 0 aliphatic carbocycles. The van der Waals surface area contributed by atoms with Gasteiger partial charge in [0.25, 0.3) is 0 Å². The van der Waals surface area contributed by atoms with Crippen LogP contribution in [0.2, 0.25) is 0 Å². The van der Waals surface area contributed by atoms with Crippen molar-refractivity contribution in [3.63, 3.8) is 0 Å². The van der Waals surface area contributed by atoms with Crippen molar-refractivity contribution in [3.05, 3.63) is 75.8 Å². The van der Waals surface area contributed by atoms with Crippen LogP contribution in [-0.2, 0) is 24.9 Å². The third kappa shape index (κ3) is 4.88. The summed E-state index contributed by atoms with van der Waals surface area (Å²) >= 11 is 1.69. The lowest BCUT2D eigenvalue weighted by Crippen LogP contribution is -2.33. The van der Waals surface area contributed by atoms with Gasteiger partial charge in [0.15, 0.2) is 0 Å². The Labute approximate surface area is 248 Å². The first kappa shape index (κ1) is 28.1. The second-order valence-electron chi connectivity index (χ2n) is 11.8. The number of thiophene rings is 1. The van der Waals surface area contributed by atoms with Gasteiger partial charge in [-0.15, -0.1) is 16.4 Å². The van der Waals surface area contributed by atoms with Crippen LogP contribution in [0, 0.1) is 12.3 Å². The van der Waals surface area contributed by atoms with E-state index >= 15 is 0 Å². The monoisotopic (exact) mass is 585 g/mol. The molecule has 0 saturated heterocycles. The highest BCUT2D eigenvalue weighted by molar-refractivity contribution is 7.17. The van der Waals surface area contributed by atoms with Gasteiger partial charge in [-0.05, 0) is 84.5 Å². The number of nitrogens with zero attached hydrogens (tertiary/aromatic N) is 5. The highest BCUT2D eigenvalue weighted by atomic mass is 32.1. The van der Waals surface area contributed by atoms with Gasteiger partial charge in [0.05, 0.1) is 10.9 Å². The van der Waals surface area contributed by atoms with Gasteiger partial charge in [0, 0.05) is 43.4 Å². The first-order valence-corrected chi connectivity index (χ1v) is 15.0. The van der Waals surface area contributed by atoms with Crippen LogP contribution in [0.4, 0.5) is 0 Å². The minimum Gasteiger partial charge on any atom is -0.493 e. The molecule has 1 aliphatic heterocycles. The van der Waals surface area contributed by atoms with Crippen LogP contribution in [-0.4, -0.2) is 53.7 Å². The first-order chi connectivity index (χ1) is 20.1. The summed E-state index contributed by atoms with van der Waals surface area (Å²) in [6.07, 6.45) is 0.823. The van der Waals surface area contributed by atoms with Crippen molar-refractivity contribution >= 4 is 38.4 Å². The number of carboxylic acid groups (broad SMARTS) is 1. The van der Waals surface area contributed by atoms with E-state index in [0.29, 0.717) is 31.1 Å². The summed E-state index contributed by atoms with van der Waals surface area (Å²) in [6, 6.07) is 13.8. The number of aromatic nitrogens is 4. The van der Waals surface area contributed by atoms with Gasteiger partial charge in [-0.1, -0.05) is 24.3 Å². The molecule has 0 amide bonds. The number of aryl methyl sites for hydroxylation is 2.